The summed E-state index contributed by atoms with van der Waals surface area (Å²) < 4.78 is 18.7. The van der Waals surface area contributed by atoms with Crippen LogP contribution in [0.1, 0.15) is 72.3 Å². The third-order valence-electron chi connectivity index (χ3n) is 9.31. The van der Waals surface area contributed by atoms with Gasteiger partial charge in [0.05, 0.1) is 6.04 Å². The summed E-state index contributed by atoms with van der Waals surface area (Å²) in [4.78, 5) is 40.9. The maximum absolute atomic E-state index is 14.3. The molecule has 1 spiro atoms. The van der Waals surface area contributed by atoms with E-state index in [-0.39, 0.29) is 40.3 Å². The van der Waals surface area contributed by atoms with Crippen molar-refractivity contribution in [1.82, 2.24) is 10.6 Å². The van der Waals surface area contributed by atoms with Gasteiger partial charge >= 0.3 is 5.97 Å². The third kappa shape index (κ3) is 7.70. The van der Waals surface area contributed by atoms with Crippen LogP contribution in [0.3, 0.4) is 0 Å². The van der Waals surface area contributed by atoms with Gasteiger partial charge in [-0.05, 0) is 72.8 Å². The Morgan fingerprint density at radius 2 is 1.91 bits per heavy atom. The highest BCUT2D eigenvalue weighted by Gasteiger charge is 2.65. The van der Waals surface area contributed by atoms with Crippen molar-refractivity contribution in [3.8, 4) is 0 Å². The number of halogens is 3. The Bertz CT molecular complexity index is 1400. The monoisotopic (exact) mass is 676 g/mol. The average molecular weight is 678 g/mol. The van der Waals surface area contributed by atoms with Crippen molar-refractivity contribution >= 4 is 46.7 Å². The van der Waals surface area contributed by atoms with Crippen molar-refractivity contribution in [1.29, 1.82) is 0 Å². The van der Waals surface area contributed by atoms with Crippen LogP contribution in [0.25, 0.3) is 0 Å². The number of fused-ring (bicyclic) bond motifs is 2. The van der Waals surface area contributed by atoms with Crippen molar-refractivity contribution in [3.05, 3.63) is 64.2 Å². The van der Waals surface area contributed by atoms with E-state index in [1.165, 1.54) is 6.08 Å². The van der Waals surface area contributed by atoms with Crippen LogP contribution in [0, 0.1) is 17.3 Å². The molecule has 4 rings (SSSR count). The third-order valence-corrected chi connectivity index (χ3v) is 9.77. The second kappa shape index (κ2) is 14.6. The Hall–Kier alpha value is -2.72. The molecule has 2 fully saturated rings. The minimum atomic E-state index is -1.18. The van der Waals surface area contributed by atoms with Gasteiger partial charge in [-0.15, -0.1) is 0 Å². The quantitative estimate of drug-likeness (QED) is 0.176. The molecule has 2 heterocycles. The zero-order valence-corrected chi connectivity index (χ0v) is 28.8. The van der Waals surface area contributed by atoms with E-state index >= 15 is 0 Å². The second-order valence-corrected chi connectivity index (χ2v) is 15.2. The number of nitrogens with one attached hydrogen (secondary N) is 3. The lowest BCUT2D eigenvalue weighted by molar-refractivity contribution is -0.153. The number of alkyl halides is 1. The molecule has 0 unspecified atom stereocenters. The molecule has 252 valence electrons. The lowest BCUT2D eigenvalue weighted by atomic mass is 9.62. The molecule has 1 aliphatic carbocycles. The second-order valence-electron chi connectivity index (χ2n) is 14.3. The number of rotatable bonds is 10. The minimum Gasteiger partial charge on any atom is -0.461 e. The summed E-state index contributed by atoms with van der Waals surface area (Å²) in [6, 6.07) is 3.29. The summed E-state index contributed by atoms with van der Waals surface area (Å²) >= 11 is 12.2. The number of nitrogens with two attached hydrogens (primary N) is 1. The first-order valence-corrected chi connectivity index (χ1v) is 16.8. The summed E-state index contributed by atoms with van der Waals surface area (Å²) in [5.74, 6) is -1.59. The fourth-order valence-electron chi connectivity index (χ4n) is 7.03. The van der Waals surface area contributed by atoms with Crippen molar-refractivity contribution in [2.45, 2.75) is 102 Å². The zero-order chi connectivity index (χ0) is 34.0. The largest absolute Gasteiger partial charge is 0.461 e. The Kier molecular flexibility index (Phi) is 11.5. The molecule has 1 aromatic carbocycles. The number of benzene rings is 1. The molecule has 3 aliphatic rings. The first kappa shape index (κ1) is 36.1. The van der Waals surface area contributed by atoms with Crippen molar-refractivity contribution < 1.29 is 23.5 Å². The number of hydrogen-bond acceptors (Lipinski definition) is 6. The van der Waals surface area contributed by atoms with Crippen LogP contribution in [0.15, 0.2) is 53.6 Å². The van der Waals surface area contributed by atoms with Gasteiger partial charge in [0.15, 0.2) is 0 Å². The number of carbonyl (C=O) groups is 3. The molecule has 1 aromatic rings. The van der Waals surface area contributed by atoms with E-state index in [1.807, 2.05) is 19.9 Å². The van der Waals surface area contributed by atoms with E-state index in [0.717, 1.165) is 5.56 Å². The van der Waals surface area contributed by atoms with Crippen LogP contribution in [-0.4, -0.2) is 54.7 Å². The van der Waals surface area contributed by atoms with E-state index < -0.39 is 42.1 Å². The highest BCUT2D eigenvalue weighted by atomic mass is 35.5. The van der Waals surface area contributed by atoms with E-state index in [9.17, 15) is 18.8 Å². The number of esters is 1. The Morgan fingerprint density at radius 1 is 1.24 bits per heavy atom. The van der Waals surface area contributed by atoms with Crippen LogP contribution < -0.4 is 21.7 Å². The summed E-state index contributed by atoms with van der Waals surface area (Å²) in [6.45, 7) is 13.6. The maximum atomic E-state index is 14.3. The zero-order valence-electron chi connectivity index (χ0n) is 27.3. The van der Waals surface area contributed by atoms with Gasteiger partial charge in [0.25, 0.3) is 0 Å². The molecule has 46 heavy (non-hydrogen) atoms. The fraction of sp³-hybridized carbons (Fsp3) is 0.571. The smallest absolute Gasteiger partial charge is 0.323 e. The molecule has 2 amide bonds. The number of anilines is 1. The number of allylic oxidation sites excluding steroid dienone is 4. The lowest BCUT2D eigenvalue weighted by Crippen LogP contribution is -2.51. The van der Waals surface area contributed by atoms with Gasteiger partial charge in [0, 0.05) is 33.7 Å². The summed E-state index contributed by atoms with van der Waals surface area (Å²) in [5.41, 5.74) is 6.47. The molecule has 0 bridgehead atoms. The molecular formula is C35H47Cl2FN4O4. The van der Waals surface area contributed by atoms with E-state index in [0.29, 0.717) is 48.4 Å². The predicted molar refractivity (Wildman–Crippen MR) is 181 cm³/mol. The molecule has 0 aromatic heterocycles. The average Bonchev–Trinajstić information content (AvgIpc) is 3.46. The molecule has 1 saturated heterocycles. The first-order chi connectivity index (χ1) is 21.6. The van der Waals surface area contributed by atoms with Gasteiger partial charge in [0.2, 0.25) is 11.8 Å². The SMILES string of the molecule is C=C(/C=C\C=C(\Cl)CF)[C@H]1[C@H](C(=O)N[C@H]2CC[C@H](OC(=O)[C@H](N)C(C)C)CC2)N[C@H](CC(C)(C)C)[C@]12C(=O)Nc1cc(Cl)ccc12. The van der Waals surface area contributed by atoms with Crippen LogP contribution in [0.5, 0.6) is 0 Å². The van der Waals surface area contributed by atoms with Crippen LogP contribution in [-0.2, 0) is 24.5 Å². The van der Waals surface area contributed by atoms with Gasteiger partial charge in [-0.25, -0.2) is 4.39 Å². The van der Waals surface area contributed by atoms with Gasteiger partial charge in [0.1, 0.15) is 24.2 Å². The van der Waals surface area contributed by atoms with E-state index in [4.69, 9.17) is 33.7 Å². The predicted octanol–water partition coefficient (Wildman–Crippen LogP) is 6.08. The Morgan fingerprint density at radius 3 is 2.52 bits per heavy atom. The molecule has 8 nitrogen and oxygen atoms in total. The molecule has 2 aliphatic heterocycles. The molecule has 11 heteroatoms. The van der Waals surface area contributed by atoms with Crippen molar-refractivity contribution in [2.75, 3.05) is 12.0 Å². The highest BCUT2D eigenvalue weighted by molar-refractivity contribution is 6.31. The number of hydrogen-bond donors (Lipinski definition) is 4. The summed E-state index contributed by atoms with van der Waals surface area (Å²) in [6.07, 6.45) is 7.52. The standard InChI is InChI=1S/C35H47Cl2FN4O4/c1-19(2)29(39)32(44)46-24-13-11-23(12-14-24)40-31(43)30-28(20(3)8-7-9-22(37)18-38)35(27(42-30)17-34(4,5)6)25-15-10-21(36)16-26(25)41-33(35)45/h7-10,15-16,19,23-24,27-30,42H,3,11-14,17-18,39H2,1-2,4-6H3,(H,40,43)(H,41,45)/b8-7-,22-9+/t23-,24-,27-,28+,29-,30-,35+/m1/s1. The molecule has 1 saturated carbocycles. The Balaban J connectivity index is 1.65. The Labute approximate surface area is 281 Å². The highest BCUT2D eigenvalue weighted by Crippen LogP contribution is 2.55. The van der Waals surface area contributed by atoms with Gasteiger partial charge in [-0.2, -0.15) is 0 Å². The molecule has 0 radical (unpaired) electrons. The summed E-state index contributed by atoms with van der Waals surface area (Å²) in [7, 11) is 0. The molecular weight excluding hydrogens is 630 g/mol. The summed E-state index contributed by atoms with van der Waals surface area (Å²) in [5, 5.41) is 10.3. The minimum absolute atomic E-state index is 0.0208. The van der Waals surface area contributed by atoms with E-state index in [2.05, 4.69) is 43.3 Å². The number of carbonyl (C=O) groups excluding carboxylic acids is 3. The molecule has 5 N–H and O–H groups in total. The fourth-order valence-corrected chi connectivity index (χ4v) is 7.27. The van der Waals surface area contributed by atoms with Gasteiger partial charge in [-0.3, -0.25) is 14.4 Å². The lowest BCUT2D eigenvalue weighted by Gasteiger charge is -2.38. The van der Waals surface area contributed by atoms with Crippen molar-refractivity contribution in [3.63, 3.8) is 0 Å². The molecule has 5 atom stereocenters. The topological polar surface area (TPSA) is 123 Å². The number of amides is 2. The van der Waals surface area contributed by atoms with Gasteiger partial charge < -0.3 is 26.4 Å². The number of ether oxygens (including phenoxy) is 1. The van der Waals surface area contributed by atoms with Crippen LogP contribution in [0.4, 0.5) is 10.1 Å². The first-order valence-electron chi connectivity index (χ1n) is 16.0. The maximum Gasteiger partial charge on any atom is 0.323 e. The van der Waals surface area contributed by atoms with Crippen molar-refractivity contribution in [2.24, 2.45) is 23.0 Å². The van der Waals surface area contributed by atoms with Crippen LogP contribution in [0.2, 0.25) is 5.02 Å². The normalized spacial score (nSPS) is 28.8. The van der Waals surface area contributed by atoms with E-state index in [1.54, 1.807) is 24.3 Å². The van der Waals surface area contributed by atoms with Gasteiger partial charge in [-0.1, -0.05) is 82.6 Å². The van der Waals surface area contributed by atoms with Crippen LogP contribution >= 0.6 is 23.2 Å².